The van der Waals surface area contributed by atoms with E-state index in [4.69, 9.17) is 0 Å². The van der Waals surface area contributed by atoms with Gasteiger partial charge in [0.05, 0.1) is 0 Å². The van der Waals surface area contributed by atoms with Crippen LogP contribution in [-0.4, -0.2) is 4.98 Å². The van der Waals surface area contributed by atoms with E-state index in [0.717, 1.165) is 0 Å². The Balaban J connectivity index is 3.05. The van der Waals surface area contributed by atoms with Crippen molar-refractivity contribution in [2.45, 2.75) is 34.6 Å². The summed E-state index contributed by atoms with van der Waals surface area (Å²) in [6.45, 7) is 11.0. The summed E-state index contributed by atoms with van der Waals surface area (Å²) in [5, 5.41) is 2.79. The number of aryl methyl sites for hydroxylation is 3. The molecule has 1 heterocycles. The maximum Gasteiger partial charge on any atom is 0.0198 e. The monoisotopic (exact) mass is 187 g/mol. The Morgan fingerprint density at radius 2 is 1.36 bits per heavy atom. The molecular formula is C13H17N. The minimum atomic E-state index is 1.28. The van der Waals surface area contributed by atoms with Crippen LogP contribution in [0.2, 0.25) is 0 Å². The van der Waals surface area contributed by atoms with E-state index in [9.17, 15) is 0 Å². The zero-order chi connectivity index (χ0) is 10.5. The lowest BCUT2D eigenvalue weighted by atomic mass is 9.93. The van der Waals surface area contributed by atoms with Gasteiger partial charge in [0.2, 0.25) is 0 Å². The number of aromatic amines is 1. The first-order valence-electron chi connectivity index (χ1n) is 5.08. The number of hydrogen-bond acceptors (Lipinski definition) is 0. The van der Waals surface area contributed by atoms with Gasteiger partial charge in [0.25, 0.3) is 0 Å². The molecule has 1 N–H and O–H groups in total. The van der Waals surface area contributed by atoms with E-state index in [1.807, 2.05) is 0 Å². The maximum absolute atomic E-state index is 3.31. The van der Waals surface area contributed by atoms with Crippen molar-refractivity contribution in [3.63, 3.8) is 0 Å². The van der Waals surface area contributed by atoms with Crippen LogP contribution in [0.1, 0.15) is 27.9 Å². The highest BCUT2D eigenvalue weighted by atomic mass is 14.7. The average Bonchev–Trinajstić information content (AvgIpc) is 2.54. The Kier molecular flexibility index (Phi) is 1.91. The molecule has 14 heavy (non-hydrogen) atoms. The van der Waals surface area contributed by atoms with Gasteiger partial charge in [-0.15, -0.1) is 0 Å². The largest absolute Gasteiger partial charge is 0.364 e. The van der Waals surface area contributed by atoms with Gasteiger partial charge in [0, 0.05) is 22.7 Å². The van der Waals surface area contributed by atoms with Crippen molar-refractivity contribution in [2.75, 3.05) is 0 Å². The van der Waals surface area contributed by atoms with Crippen LogP contribution < -0.4 is 0 Å². The number of fused-ring (bicyclic) bond motifs is 1. The Labute approximate surface area is 85.1 Å². The van der Waals surface area contributed by atoms with E-state index in [1.165, 1.54) is 38.7 Å². The number of H-pyrrole nitrogens is 1. The number of hydrogen-bond donors (Lipinski definition) is 1. The molecule has 2 aromatic rings. The Morgan fingerprint density at radius 3 is 2.00 bits per heavy atom. The molecule has 0 aliphatic carbocycles. The molecule has 0 fully saturated rings. The van der Waals surface area contributed by atoms with E-state index in [-0.39, 0.29) is 0 Å². The van der Waals surface area contributed by atoms with Gasteiger partial charge in [-0.2, -0.15) is 0 Å². The van der Waals surface area contributed by atoms with Gasteiger partial charge >= 0.3 is 0 Å². The first-order valence-corrected chi connectivity index (χ1v) is 5.08. The fourth-order valence-corrected chi connectivity index (χ4v) is 2.26. The highest BCUT2D eigenvalue weighted by Gasteiger charge is 2.11. The summed E-state index contributed by atoms with van der Waals surface area (Å²) in [6, 6.07) is 0. The minimum Gasteiger partial charge on any atom is -0.364 e. The second kappa shape index (κ2) is 2.88. The topological polar surface area (TPSA) is 15.8 Å². The van der Waals surface area contributed by atoms with Gasteiger partial charge < -0.3 is 4.98 Å². The van der Waals surface area contributed by atoms with Crippen molar-refractivity contribution in [1.82, 2.24) is 4.98 Å². The number of benzene rings is 1. The molecule has 1 heteroatoms. The van der Waals surface area contributed by atoms with Crippen molar-refractivity contribution < 1.29 is 0 Å². The molecule has 1 aromatic heterocycles. The summed E-state index contributed by atoms with van der Waals surface area (Å²) in [6.07, 6.45) is 2.12. The van der Waals surface area contributed by atoms with Crippen LogP contribution in [0, 0.1) is 34.6 Å². The first-order chi connectivity index (χ1) is 6.54. The van der Waals surface area contributed by atoms with Crippen LogP contribution in [0.4, 0.5) is 0 Å². The fraction of sp³-hybridized carbons (Fsp3) is 0.385. The maximum atomic E-state index is 3.31. The van der Waals surface area contributed by atoms with Crippen LogP contribution in [-0.2, 0) is 0 Å². The van der Waals surface area contributed by atoms with Crippen LogP contribution in [0.25, 0.3) is 10.8 Å². The molecule has 0 bridgehead atoms. The Bertz CT molecular complexity index is 504. The predicted octanol–water partition coefficient (Wildman–Crippen LogP) is 3.71. The van der Waals surface area contributed by atoms with Gasteiger partial charge in [-0.25, -0.2) is 0 Å². The molecule has 2 rings (SSSR count). The second-order valence-corrected chi connectivity index (χ2v) is 4.20. The molecule has 0 atom stereocenters. The summed E-state index contributed by atoms with van der Waals surface area (Å²) in [5.41, 5.74) is 6.96. The molecule has 0 aliphatic heterocycles. The third-order valence-corrected chi connectivity index (χ3v) is 3.54. The number of aromatic nitrogens is 1. The van der Waals surface area contributed by atoms with E-state index in [2.05, 4.69) is 45.8 Å². The molecule has 0 unspecified atom stereocenters. The van der Waals surface area contributed by atoms with E-state index >= 15 is 0 Å². The molecule has 1 nitrogen and oxygen atoms in total. The average molecular weight is 187 g/mol. The van der Waals surface area contributed by atoms with Gasteiger partial charge in [0.15, 0.2) is 0 Å². The summed E-state index contributed by atoms with van der Waals surface area (Å²) < 4.78 is 0. The van der Waals surface area contributed by atoms with Crippen LogP contribution >= 0.6 is 0 Å². The standard InChI is InChI=1S/C13H17N/c1-7-8(2)10(4)13-11(5)14-6-12(13)9(7)3/h6,14H,1-5H3. The van der Waals surface area contributed by atoms with Gasteiger partial charge in [0.1, 0.15) is 0 Å². The van der Waals surface area contributed by atoms with Crippen molar-refractivity contribution in [3.05, 3.63) is 34.1 Å². The third-order valence-electron chi connectivity index (χ3n) is 3.54. The molecular weight excluding hydrogens is 170 g/mol. The van der Waals surface area contributed by atoms with E-state index < -0.39 is 0 Å². The minimum absolute atomic E-state index is 1.28. The summed E-state index contributed by atoms with van der Waals surface area (Å²) in [7, 11) is 0. The molecule has 0 saturated heterocycles. The van der Waals surface area contributed by atoms with Crippen molar-refractivity contribution in [3.8, 4) is 0 Å². The van der Waals surface area contributed by atoms with Crippen LogP contribution in [0.15, 0.2) is 6.20 Å². The zero-order valence-corrected chi connectivity index (χ0v) is 9.58. The normalized spacial score (nSPS) is 11.2. The lowest BCUT2D eigenvalue weighted by molar-refractivity contribution is 1.24. The molecule has 0 radical (unpaired) electrons. The molecule has 0 amide bonds. The SMILES string of the molecule is Cc1c(C)c(C)c2c(C)[nH]cc2c1C. The lowest BCUT2D eigenvalue weighted by Gasteiger charge is -2.11. The Morgan fingerprint density at radius 1 is 0.786 bits per heavy atom. The smallest absolute Gasteiger partial charge is 0.0198 e. The highest BCUT2D eigenvalue weighted by Crippen LogP contribution is 2.30. The summed E-state index contributed by atoms with van der Waals surface area (Å²) >= 11 is 0. The molecule has 0 saturated carbocycles. The molecule has 74 valence electrons. The summed E-state index contributed by atoms with van der Waals surface area (Å²) in [5.74, 6) is 0. The van der Waals surface area contributed by atoms with Gasteiger partial charge in [-0.1, -0.05) is 0 Å². The van der Waals surface area contributed by atoms with E-state index in [0.29, 0.717) is 0 Å². The highest BCUT2D eigenvalue weighted by molar-refractivity contribution is 5.92. The van der Waals surface area contributed by atoms with Crippen molar-refractivity contribution in [2.24, 2.45) is 0 Å². The first kappa shape index (κ1) is 9.32. The second-order valence-electron chi connectivity index (χ2n) is 4.20. The predicted molar refractivity (Wildman–Crippen MR) is 62.0 cm³/mol. The summed E-state index contributed by atoms with van der Waals surface area (Å²) in [4.78, 5) is 3.31. The molecule has 1 aromatic carbocycles. The number of nitrogens with one attached hydrogen (secondary N) is 1. The lowest BCUT2D eigenvalue weighted by Crippen LogP contribution is -1.92. The van der Waals surface area contributed by atoms with Gasteiger partial charge in [-0.3, -0.25) is 0 Å². The van der Waals surface area contributed by atoms with Gasteiger partial charge in [-0.05, 0) is 56.9 Å². The fourth-order valence-electron chi connectivity index (χ4n) is 2.26. The quantitative estimate of drug-likeness (QED) is 0.647. The van der Waals surface area contributed by atoms with E-state index in [1.54, 1.807) is 0 Å². The zero-order valence-electron chi connectivity index (χ0n) is 9.58. The Hall–Kier alpha value is -1.24. The number of rotatable bonds is 0. The van der Waals surface area contributed by atoms with Crippen LogP contribution in [0.5, 0.6) is 0 Å². The van der Waals surface area contributed by atoms with Crippen molar-refractivity contribution in [1.29, 1.82) is 0 Å². The van der Waals surface area contributed by atoms with Crippen molar-refractivity contribution >= 4 is 10.8 Å². The third kappa shape index (κ3) is 1.02. The molecule has 0 spiro atoms. The molecule has 0 aliphatic rings. The van der Waals surface area contributed by atoms with Crippen LogP contribution in [0.3, 0.4) is 0 Å².